The van der Waals surface area contributed by atoms with Gasteiger partial charge in [-0.2, -0.15) is 0 Å². The number of halogens is 2. The molecular formula is C22H27BClFN4O2. The molecule has 9 heteroatoms. The van der Waals surface area contributed by atoms with E-state index in [1.807, 2.05) is 24.8 Å². The minimum atomic E-state index is -0.511. The Bertz CT molecular complexity index is 964. The van der Waals surface area contributed by atoms with Crippen LogP contribution >= 0.6 is 11.6 Å². The van der Waals surface area contributed by atoms with Gasteiger partial charge in [-0.3, -0.25) is 9.80 Å². The fraction of sp³-hybridized carbons (Fsp3) is 0.455. The standard InChI is InChI=1S/C22H27BClFN4O2/c1-14-5-4-6-18(25)21(14)28-13-15-12-26-20(24)11-19(15)29(22(28)30)17-9-7-16(8-10-17)27(3)23(2)31/h4-6,11-12,16-17,31H,7-10,13H2,1-3H3. The molecule has 2 aliphatic rings. The van der Waals surface area contributed by atoms with Crippen molar-refractivity contribution < 1.29 is 14.2 Å². The van der Waals surface area contributed by atoms with Crippen LogP contribution in [0.1, 0.15) is 36.8 Å². The zero-order chi connectivity index (χ0) is 22.3. The Morgan fingerprint density at radius 2 is 2.00 bits per heavy atom. The van der Waals surface area contributed by atoms with Crippen LogP contribution in [-0.4, -0.2) is 47.0 Å². The molecule has 164 valence electrons. The lowest BCUT2D eigenvalue weighted by atomic mass is 9.79. The fourth-order valence-electron chi connectivity index (χ4n) is 4.79. The number of fused-ring (bicyclic) bond motifs is 1. The average molecular weight is 445 g/mol. The zero-order valence-electron chi connectivity index (χ0n) is 18.1. The summed E-state index contributed by atoms with van der Waals surface area (Å²) in [7, 11) is 1.41. The van der Waals surface area contributed by atoms with Gasteiger partial charge in [0.15, 0.2) is 0 Å². The first-order valence-electron chi connectivity index (χ1n) is 10.7. The monoisotopic (exact) mass is 444 g/mol. The third-order valence-electron chi connectivity index (χ3n) is 6.61. The average Bonchev–Trinajstić information content (AvgIpc) is 2.74. The van der Waals surface area contributed by atoms with E-state index in [4.69, 9.17) is 11.6 Å². The first-order valence-corrected chi connectivity index (χ1v) is 11.1. The molecule has 31 heavy (non-hydrogen) atoms. The number of amides is 2. The van der Waals surface area contributed by atoms with Crippen molar-refractivity contribution in [3.63, 3.8) is 0 Å². The van der Waals surface area contributed by atoms with E-state index >= 15 is 0 Å². The predicted octanol–water partition coefficient (Wildman–Crippen LogP) is 4.48. The number of anilines is 2. The van der Waals surface area contributed by atoms with Crippen molar-refractivity contribution in [1.29, 1.82) is 0 Å². The molecule has 0 atom stereocenters. The lowest BCUT2D eigenvalue weighted by Crippen LogP contribution is -2.54. The summed E-state index contributed by atoms with van der Waals surface area (Å²) in [6, 6.07) is 6.56. The number of urea groups is 1. The molecule has 0 radical (unpaired) electrons. The molecule has 4 rings (SSSR count). The van der Waals surface area contributed by atoms with Crippen LogP contribution in [0.5, 0.6) is 0 Å². The first-order chi connectivity index (χ1) is 14.8. The van der Waals surface area contributed by atoms with E-state index in [1.54, 1.807) is 30.1 Å². The lowest BCUT2D eigenvalue weighted by Gasteiger charge is -2.44. The van der Waals surface area contributed by atoms with Crippen LogP contribution in [-0.2, 0) is 6.54 Å². The number of para-hydroxylation sites is 1. The molecule has 1 aromatic carbocycles. The topological polar surface area (TPSA) is 59.9 Å². The normalized spacial score (nSPS) is 21.5. The van der Waals surface area contributed by atoms with Gasteiger partial charge in [0, 0.05) is 23.8 Å². The summed E-state index contributed by atoms with van der Waals surface area (Å²) < 4.78 is 14.8. The molecule has 1 aliphatic heterocycles. The van der Waals surface area contributed by atoms with Crippen LogP contribution in [0.4, 0.5) is 20.6 Å². The number of hydrogen-bond acceptors (Lipinski definition) is 4. The molecule has 1 saturated carbocycles. The summed E-state index contributed by atoms with van der Waals surface area (Å²) in [6.45, 7) is 3.82. The number of aryl methyl sites for hydroxylation is 1. The van der Waals surface area contributed by atoms with Crippen molar-refractivity contribution >= 4 is 36.1 Å². The Morgan fingerprint density at radius 1 is 1.29 bits per heavy atom. The minimum Gasteiger partial charge on any atom is -0.437 e. The Kier molecular flexibility index (Phi) is 6.24. The number of rotatable bonds is 4. The van der Waals surface area contributed by atoms with Crippen LogP contribution in [0, 0.1) is 12.7 Å². The van der Waals surface area contributed by atoms with E-state index in [-0.39, 0.29) is 24.7 Å². The maximum absolute atomic E-state index is 14.8. The van der Waals surface area contributed by atoms with E-state index in [9.17, 15) is 14.2 Å². The van der Waals surface area contributed by atoms with Crippen LogP contribution in [0.3, 0.4) is 0 Å². The van der Waals surface area contributed by atoms with Gasteiger partial charge in [-0.05, 0) is 64.2 Å². The molecule has 0 saturated heterocycles. The highest BCUT2D eigenvalue weighted by molar-refractivity contribution is 6.45. The molecule has 1 aromatic heterocycles. The number of nitrogens with zero attached hydrogens (tertiary/aromatic N) is 4. The van der Waals surface area contributed by atoms with E-state index in [0.29, 0.717) is 16.4 Å². The number of benzene rings is 1. The van der Waals surface area contributed by atoms with Gasteiger partial charge in [-0.15, -0.1) is 0 Å². The molecule has 1 fully saturated rings. The van der Waals surface area contributed by atoms with Gasteiger partial charge in [0.2, 0.25) is 0 Å². The number of hydrogen-bond donors (Lipinski definition) is 1. The third-order valence-corrected chi connectivity index (χ3v) is 6.82. The fourth-order valence-corrected chi connectivity index (χ4v) is 4.94. The van der Waals surface area contributed by atoms with Gasteiger partial charge in [-0.1, -0.05) is 23.7 Å². The predicted molar refractivity (Wildman–Crippen MR) is 122 cm³/mol. The maximum atomic E-state index is 14.8. The highest BCUT2D eigenvalue weighted by Crippen LogP contribution is 2.39. The zero-order valence-corrected chi connectivity index (χ0v) is 18.8. The molecule has 0 spiro atoms. The summed E-state index contributed by atoms with van der Waals surface area (Å²) in [5.74, 6) is -0.416. The SMILES string of the molecule is CB(O)N(C)C1CCC(N2C(=O)N(c3c(C)cccc3F)Cc3cnc(Cl)cc32)CC1. The highest BCUT2D eigenvalue weighted by atomic mass is 35.5. The van der Waals surface area contributed by atoms with Crippen LogP contribution in [0.25, 0.3) is 0 Å². The van der Waals surface area contributed by atoms with Crippen molar-refractivity contribution in [2.75, 3.05) is 16.8 Å². The Morgan fingerprint density at radius 3 is 2.65 bits per heavy atom. The second kappa shape index (κ2) is 8.77. The molecule has 2 amide bonds. The van der Waals surface area contributed by atoms with Gasteiger partial charge >= 0.3 is 13.1 Å². The largest absolute Gasteiger partial charge is 0.437 e. The molecule has 0 bridgehead atoms. The number of carbonyl (C=O) groups excluding carboxylic acids is 1. The second-order valence-corrected chi connectivity index (χ2v) is 8.93. The van der Waals surface area contributed by atoms with Gasteiger partial charge in [0.05, 0.1) is 17.9 Å². The number of pyridine rings is 1. The minimum absolute atomic E-state index is 0.0294. The van der Waals surface area contributed by atoms with Crippen LogP contribution < -0.4 is 9.80 Å². The van der Waals surface area contributed by atoms with Gasteiger partial charge in [0.25, 0.3) is 0 Å². The first kappa shape index (κ1) is 22.1. The van der Waals surface area contributed by atoms with Gasteiger partial charge < -0.3 is 9.83 Å². The summed E-state index contributed by atoms with van der Waals surface area (Å²) in [4.78, 5) is 23.2. The van der Waals surface area contributed by atoms with Crippen molar-refractivity contribution in [3.05, 3.63) is 52.6 Å². The third kappa shape index (κ3) is 4.16. The smallest absolute Gasteiger partial charge is 0.376 e. The molecule has 1 N–H and O–H groups in total. The summed E-state index contributed by atoms with van der Waals surface area (Å²) in [6.07, 6.45) is 4.98. The Hall–Kier alpha value is -2.16. The van der Waals surface area contributed by atoms with Crippen molar-refractivity contribution in [3.8, 4) is 0 Å². The van der Waals surface area contributed by atoms with Crippen molar-refractivity contribution in [2.45, 2.75) is 58.1 Å². The Labute approximate surface area is 187 Å². The van der Waals surface area contributed by atoms with Crippen LogP contribution in [0.2, 0.25) is 12.0 Å². The van der Waals surface area contributed by atoms with Gasteiger partial charge in [0.1, 0.15) is 11.0 Å². The van der Waals surface area contributed by atoms with Crippen LogP contribution in [0.15, 0.2) is 30.5 Å². The number of carbonyl (C=O) groups is 1. The Balaban J connectivity index is 1.68. The molecular weight excluding hydrogens is 418 g/mol. The summed E-state index contributed by atoms with van der Waals surface area (Å²) in [5, 5.41) is 10.2. The second-order valence-electron chi connectivity index (χ2n) is 8.54. The molecule has 0 unspecified atom stereocenters. The van der Waals surface area contributed by atoms with E-state index in [0.717, 1.165) is 36.9 Å². The highest BCUT2D eigenvalue weighted by Gasteiger charge is 2.39. The number of aromatic nitrogens is 1. The quantitative estimate of drug-likeness (QED) is 0.558. The van der Waals surface area contributed by atoms with Crippen molar-refractivity contribution in [2.24, 2.45) is 0 Å². The van der Waals surface area contributed by atoms with Gasteiger partial charge in [-0.25, -0.2) is 14.2 Å². The van der Waals surface area contributed by atoms with E-state index in [1.165, 1.54) is 11.0 Å². The molecule has 2 heterocycles. The molecule has 2 aromatic rings. The maximum Gasteiger partial charge on any atom is 0.376 e. The molecule has 6 nitrogen and oxygen atoms in total. The molecule has 1 aliphatic carbocycles. The lowest BCUT2D eigenvalue weighted by molar-refractivity contribution is 0.227. The van der Waals surface area contributed by atoms with E-state index in [2.05, 4.69) is 4.98 Å². The van der Waals surface area contributed by atoms with E-state index < -0.39 is 12.9 Å². The summed E-state index contributed by atoms with van der Waals surface area (Å²) in [5.41, 5.74) is 2.61. The van der Waals surface area contributed by atoms with Crippen molar-refractivity contribution in [1.82, 2.24) is 9.79 Å². The summed E-state index contributed by atoms with van der Waals surface area (Å²) >= 11 is 6.17.